The molecule has 2 heterocycles. The SMILES string of the molecule is CN(Cc1nc(-c2cccnc2F)c(S(=O)(=O)c2ccccc2)s1)C(=O)OC(C)(C)C. The van der Waals surface area contributed by atoms with E-state index >= 15 is 0 Å². The van der Waals surface area contributed by atoms with Gasteiger partial charge in [0.05, 0.1) is 17.0 Å². The van der Waals surface area contributed by atoms with Crippen molar-refractivity contribution < 1.29 is 22.3 Å². The smallest absolute Gasteiger partial charge is 0.410 e. The van der Waals surface area contributed by atoms with Crippen LogP contribution in [0.3, 0.4) is 0 Å². The minimum absolute atomic E-state index is 0.00122. The summed E-state index contributed by atoms with van der Waals surface area (Å²) in [6.45, 7) is 5.24. The average Bonchev–Trinajstić information content (AvgIpc) is 3.12. The number of sulfone groups is 1. The van der Waals surface area contributed by atoms with Gasteiger partial charge >= 0.3 is 6.09 Å². The van der Waals surface area contributed by atoms with Crippen LogP contribution in [-0.4, -0.2) is 42.0 Å². The summed E-state index contributed by atoms with van der Waals surface area (Å²) < 4.78 is 46.2. The summed E-state index contributed by atoms with van der Waals surface area (Å²) in [5, 5.41) is 0.320. The molecule has 10 heteroatoms. The Morgan fingerprint density at radius 2 is 1.84 bits per heavy atom. The van der Waals surface area contributed by atoms with Crippen LogP contribution in [0.5, 0.6) is 0 Å². The highest BCUT2D eigenvalue weighted by molar-refractivity contribution is 7.93. The first-order chi connectivity index (χ1) is 14.5. The van der Waals surface area contributed by atoms with Gasteiger partial charge in [0.1, 0.15) is 16.3 Å². The Kier molecular flexibility index (Phi) is 6.42. The molecule has 1 amide bonds. The summed E-state index contributed by atoms with van der Waals surface area (Å²) >= 11 is 0.886. The predicted molar refractivity (Wildman–Crippen MR) is 115 cm³/mol. The zero-order valence-electron chi connectivity index (χ0n) is 17.5. The van der Waals surface area contributed by atoms with Crippen molar-refractivity contribution in [2.24, 2.45) is 0 Å². The quantitative estimate of drug-likeness (QED) is 0.516. The first-order valence-corrected chi connectivity index (χ1v) is 11.6. The molecule has 0 N–H and O–H groups in total. The van der Waals surface area contributed by atoms with Crippen LogP contribution in [0.25, 0.3) is 11.3 Å². The number of hydrogen-bond donors (Lipinski definition) is 0. The van der Waals surface area contributed by atoms with Crippen LogP contribution >= 0.6 is 11.3 Å². The summed E-state index contributed by atoms with van der Waals surface area (Å²) in [5.41, 5.74) is -0.744. The number of nitrogens with zero attached hydrogens (tertiary/aromatic N) is 3. The summed E-state index contributed by atoms with van der Waals surface area (Å²) in [5.74, 6) is -0.829. The number of benzene rings is 1. The van der Waals surface area contributed by atoms with E-state index < -0.39 is 27.5 Å². The second-order valence-electron chi connectivity index (χ2n) is 7.74. The highest BCUT2D eigenvalue weighted by atomic mass is 32.2. The molecule has 0 bridgehead atoms. The number of carbonyl (C=O) groups excluding carboxylic acids is 1. The second-order valence-corrected chi connectivity index (χ2v) is 11.0. The van der Waals surface area contributed by atoms with E-state index in [2.05, 4.69) is 9.97 Å². The van der Waals surface area contributed by atoms with Gasteiger partial charge in [-0.05, 0) is 45.0 Å². The topological polar surface area (TPSA) is 89.5 Å². The number of pyridine rings is 1. The van der Waals surface area contributed by atoms with E-state index in [1.54, 1.807) is 39.0 Å². The van der Waals surface area contributed by atoms with Crippen molar-refractivity contribution in [3.8, 4) is 11.3 Å². The van der Waals surface area contributed by atoms with E-state index in [0.717, 1.165) is 11.3 Å². The fourth-order valence-electron chi connectivity index (χ4n) is 2.65. The van der Waals surface area contributed by atoms with Crippen molar-refractivity contribution in [1.29, 1.82) is 0 Å². The van der Waals surface area contributed by atoms with E-state index in [4.69, 9.17) is 4.74 Å². The van der Waals surface area contributed by atoms with Gasteiger partial charge in [-0.2, -0.15) is 4.39 Å². The lowest BCUT2D eigenvalue weighted by Gasteiger charge is -2.24. The first kappa shape index (κ1) is 22.8. The number of rotatable bonds is 5. The molecule has 31 heavy (non-hydrogen) atoms. The van der Waals surface area contributed by atoms with Gasteiger partial charge in [0.15, 0.2) is 4.21 Å². The summed E-state index contributed by atoms with van der Waals surface area (Å²) in [6.07, 6.45) is 0.692. The number of halogens is 1. The number of amides is 1. The van der Waals surface area contributed by atoms with Gasteiger partial charge in [-0.15, -0.1) is 11.3 Å². The molecular formula is C21H22FN3O4S2. The van der Waals surface area contributed by atoms with Crippen LogP contribution < -0.4 is 0 Å². The molecule has 164 valence electrons. The van der Waals surface area contributed by atoms with Gasteiger partial charge in [-0.3, -0.25) is 0 Å². The third kappa shape index (κ3) is 5.26. The molecular weight excluding hydrogens is 441 g/mol. The van der Waals surface area contributed by atoms with Gasteiger partial charge in [0, 0.05) is 13.2 Å². The predicted octanol–water partition coefficient (Wildman–Crippen LogP) is 4.54. The molecule has 3 rings (SSSR count). The number of carbonyl (C=O) groups is 1. The first-order valence-electron chi connectivity index (χ1n) is 9.34. The third-order valence-electron chi connectivity index (χ3n) is 4.03. The van der Waals surface area contributed by atoms with Crippen LogP contribution in [0.1, 0.15) is 25.8 Å². The molecule has 0 radical (unpaired) electrons. The Morgan fingerprint density at radius 1 is 1.16 bits per heavy atom. The van der Waals surface area contributed by atoms with E-state index in [-0.39, 0.29) is 26.9 Å². The molecule has 0 unspecified atom stereocenters. The monoisotopic (exact) mass is 463 g/mol. The summed E-state index contributed by atoms with van der Waals surface area (Å²) in [7, 11) is -2.45. The van der Waals surface area contributed by atoms with Crippen LogP contribution in [0, 0.1) is 5.95 Å². The van der Waals surface area contributed by atoms with Crippen molar-refractivity contribution in [1.82, 2.24) is 14.9 Å². The van der Waals surface area contributed by atoms with Crippen LogP contribution in [0.2, 0.25) is 0 Å². The van der Waals surface area contributed by atoms with E-state index in [1.165, 1.54) is 42.4 Å². The molecule has 0 fully saturated rings. The second kappa shape index (κ2) is 8.72. The molecule has 1 aromatic carbocycles. The highest BCUT2D eigenvalue weighted by Gasteiger charge is 2.29. The minimum Gasteiger partial charge on any atom is -0.444 e. The number of ether oxygens (including phenoxy) is 1. The zero-order chi connectivity index (χ0) is 22.8. The molecule has 0 aliphatic rings. The lowest BCUT2D eigenvalue weighted by molar-refractivity contribution is 0.0285. The molecule has 3 aromatic rings. The maximum absolute atomic E-state index is 14.4. The van der Waals surface area contributed by atoms with Crippen LogP contribution in [0.15, 0.2) is 57.8 Å². The number of thiazole rings is 1. The molecule has 0 atom stereocenters. The van der Waals surface area contributed by atoms with Gasteiger partial charge in [-0.25, -0.2) is 23.2 Å². The molecule has 0 saturated heterocycles. The standard InChI is InChI=1S/C21H22FN3O4S2/c1-21(2,3)29-20(26)25(4)13-16-24-17(15-11-8-12-23-18(15)22)19(30-16)31(27,28)14-9-6-5-7-10-14/h5-12H,13H2,1-4H3. The summed E-state index contributed by atoms with van der Waals surface area (Å²) in [6, 6.07) is 10.8. The molecule has 2 aromatic heterocycles. The van der Waals surface area contributed by atoms with Crippen LogP contribution in [0.4, 0.5) is 9.18 Å². The van der Waals surface area contributed by atoms with Gasteiger partial charge in [0.25, 0.3) is 0 Å². The van der Waals surface area contributed by atoms with Gasteiger partial charge in [0.2, 0.25) is 15.8 Å². The fraction of sp³-hybridized carbons (Fsp3) is 0.286. The maximum atomic E-state index is 14.4. The van der Waals surface area contributed by atoms with Crippen molar-refractivity contribution in [3.63, 3.8) is 0 Å². The fourth-order valence-corrected chi connectivity index (χ4v) is 5.66. The minimum atomic E-state index is -3.97. The Bertz CT molecular complexity index is 1190. The van der Waals surface area contributed by atoms with E-state index in [0.29, 0.717) is 5.01 Å². The van der Waals surface area contributed by atoms with Crippen molar-refractivity contribution in [2.75, 3.05) is 7.05 Å². The normalized spacial score (nSPS) is 11.9. The molecule has 0 spiro atoms. The van der Waals surface area contributed by atoms with Crippen molar-refractivity contribution in [3.05, 3.63) is 59.6 Å². The lowest BCUT2D eigenvalue weighted by atomic mass is 10.2. The summed E-state index contributed by atoms with van der Waals surface area (Å²) in [4.78, 5) is 21.6. The Balaban J connectivity index is 2.05. The Labute approximate surface area is 184 Å². The third-order valence-corrected chi connectivity index (χ3v) is 7.35. The zero-order valence-corrected chi connectivity index (χ0v) is 19.1. The molecule has 7 nitrogen and oxygen atoms in total. The largest absolute Gasteiger partial charge is 0.444 e. The molecule has 0 aliphatic carbocycles. The Morgan fingerprint density at radius 3 is 2.45 bits per heavy atom. The van der Waals surface area contributed by atoms with Crippen molar-refractivity contribution in [2.45, 2.75) is 42.0 Å². The van der Waals surface area contributed by atoms with Gasteiger partial charge < -0.3 is 9.64 Å². The van der Waals surface area contributed by atoms with Crippen LogP contribution in [-0.2, 0) is 21.1 Å². The number of hydrogen-bond acceptors (Lipinski definition) is 7. The highest BCUT2D eigenvalue weighted by Crippen LogP contribution is 2.37. The molecule has 0 saturated carbocycles. The maximum Gasteiger partial charge on any atom is 0.410 e. The van der Waals surface area contributed by atoms with E-state index in [9.17, 15) is 17.6 Å². The number of aromatic nitrogens is 2. The lowest BCUT2D eigenvalue weighted by Crippen LogP contribution is -2.33. The van der Waals surface area contributed by atoms with E-state index in [1.807, 2.05) is 0 Å². The van der Waals surface area contributed by atoms with Gasteiger partial charge in [-0.1, -0.05) is 18.2 Å². The Hall–Kier alpha value is -2.85. The van der Waals surface area contributed by atoms with Crippen molar-refractivity contribution >= 4 is 27.3 Å². The molecule has 0 aliphatic heterocycles. The average molecular weight is 464 g/mol.